The van der Waals surface area contributed by atoms with Crippen LogP contribution in [-0.2, 0) is 9.53 Å². The van der Waals surface area contributed by atoms with Crippen molar-refractivity contribution in [2.24, 2.45) is 0 Å². The molecule has 18 heavy (non-hydrogen) atoms. The molecule has 1 aromatic heterocycles. The number of carbonyl (C=O) groups excluding carboxylic acids is 2. The highest BCUT2D eigenvalue weighted by Gasteiger charge is 2.22. The summed E-state index contributed by atoms with van der Waals surface area (Å²) < 4.78 is 17.3. The second kappa shape index (κ2) is 6.27. The molecule has 1 atom stereocenters. The number of amides is 1. The summed E-state index contributed by atoms with van der Waals surface area (Å²) in [5.74, 6) is -2.41. The summed E-state index contributed by atoms with van der Waals surface area (Å²) >= 11 is 5.61. The van der Waals surface area contributed by atoms with Crippen molar-refractivity contribution in [3.05, 3.63) is 28.8 Å². The summed E-state index contributed by atoms with van der Waals surface area (Å²) in [7, 11) is 1.11. The summed E-state index contributed by atoms with van der Waals surface area (Å²) in [4.78, 5) is 26.3. The number of aromatic nitrogens is 1. The molecule has 0 saturated carbocycles. The molecule has 98 valence electrons. The van der Waals surface area contributed by atoms with Gasteiger partial charge in [0.15, 0.2) is 6.04 Å². The van der Waals surface area contributed by atoms with Crippen molar-refractivity contribution in [2.45, 2.75) is 6.04 Å². The molecule has 0 aliphatic heterocycles. The van der Waals surface area contributed by atoms with E-state index in [9.17, 15) is 14.0 Å². The lowest BCUT2D eigenvalue weighted by molar-refractivity contribution is -0.143. The van der Waals surface area contributed by atoms with Crippen molar-refractivity contribution in [3.8, 4) is 0 Å². The second-order valence-corrected chi connectivity index (χ2v) is 3.58. The van der Waals surface area contributed by atoms with Gasteiger partial charge in [0.1, 0.15) is 11.0 Å². The van der Waals surface area contributed by atoms with Crippen LogP contribution in [0.25, 0.3) is 0 Å². The lowest BCUT2D eigenvalue weighted by atomic mass is 10.2. The molecule has 1 unspecified atom stereocenters. The van der Waals surface area contributed by atoms with Gasteiger partial charge in [-0.1, -0.05) is 11.6 Å². The molecule has 8 heteroatoms. The Hall–Kier alpha value is -1.73. The molecule has 0 radical (unpaired) electrons. The first-order valence-electron chi connectivity index (χ1n) is 4.80. The third-order valence-electron chi connectivity index (χ3n) is 2.02. The predicted molar refractivity (Wildman–Crippen MR) is 59.6 cm³/mol. The zero-order valence-electron chi connectivity index (χ0n) is 9.31. The number of halogens is 2. The maximum absolute atomic E-state index is 12.9. The third kappa shape index (κ3) is 3.38. The van der Waals surface area contributed by atoms with E-state index in [1.54, 1.807) is 0 Å². The number of rotatable bonds is 4. The summed E-state index contributed by atoms with van der Waals surface area (Å²) in [6.07, 6.45) is 0.850. The molecule has 6 nitrogen and oxygen atoms in total. The molecule has 0 aliphatic carbocycles. The monoisotopic (exact) mass is 276 g/mol. The van der Waals surface area contributed by atoms with Crippen LogP contribution in [0.3, 0.4) is 0 Å². The fourth-order valence-electron chi connectivity index (χ4n) is 1.14. The van der Waals surface area contributed by atoms with Crippen molar-refractivity contribution < 1.29 is 23.8 Å². The highest BCUT2D eigenvalue weighted by atomic mass is 35.5. The normalized spacial score (nSPS) is 11.8. The Labute approximate surface area is 107 Å². The second-order valence-electron chi connectivity index (χ2n) is 3.22. The van der Waals surface area contributed by atoms with Gasteiger partial charge in [0.2, 0.25) is 0 Å². The van der Waals surface area contributed by atoms with Crippen molar-refractivity contribution >= 4 is 23.5 Å². The van der Waals surface area contributed by atoms with E-state index in [4.69, 9.17) is 16.7 Å². The van der Waals surface area contributed by atoms with E-state index in [1.165, 1.54) is 0 Å². The molecule has 0 spiro atoms. The molecule has 1 amide bonds. The molecule has 1 rings (SSSR count). The van der Waals surface area contributed by atoms with Gasteiger partial charge in [0.25, 0.3) is 5.91 Å². The molecule has 0 aliphatic rings. The molecule has 0 bridgehead atoms. The van der Waals surface area contributed by atoms with Gasteiger partial charge in [-0.15, -0.1) is 0 Å². The molecule has 2 N–H and O–H groups in total. The summed E-state index contributed by atoms with van der Waals surface area (Å²) in [6.45, 7) is -0.654. The number of hydrogen-bond donors (Lipinski definition) is 2. The number of aliphatic hydroxyl groups excluding tert-OH is 1. The maximum atomic E-state index is 12.9. The maximum Gasteiger partial charge on any atom is 0.330 e. The van der Waals surface area contributed by atoms with E-state index < -0.39 is 30.3 Å². The van der Waals surface area contributed by atoms with Crippen molar-refractivity contribution in [3.63, 3.8) is 0 Å². The first kappa shape index (κ1) is 14.3. The Bertz CT molecular complexity index is 469. The number of carbonyl (C=O) groups is 2. The average molecular weight is 277 g/mol. The van der Waals surface area contributed by atoms with Gasteiger partial charge in [-0.25, -0.2) is 14.2 Å². The molecular formula is C10H10ClFN2O4. The minimum atomic E-state index is -1.25. The minimum Gasteiger partial charge on any atom is -0.467 e. The van der Waals surface area contributed by atoms with Crippen molar-refractivity contribution in [2.75, 3.05) is 13.7 Å². The molecule has 0 fully saturated rings. The highest BCUT2D eigenvalue weighted by molar-refractivity contribution is 6.32. The Morgan fingerprint density at radius 2 is 2.33 bits per heavy atom. The molecule has 0 aromatic carbocycles. The summed E-state index contributed by atoms with van der Waals surface area (Å²) in [5.41, 5.74) is -0.237. The topological polar surface area (TPSA) is 88.5 Å². The molecular weight excluding hydrogens is 267 g/mol. The van der Waals surface area contributed by atoms with E-state index in [0.29, 0.717) is 0 Å². The number of esters is 1. The Morgan fingerprint density at radius 3 is 2.89 bits per heavy atom. The Balaban J connectivity index is 2.87. The van der Waals surface area contributed by atoms with Crippen LogP contribution in [0.1, 0.15) is 10.4 Å². The van der Waals surface area contributed by atoms with E-state index in [2.05, 4.69) is 15.0 Å². The molecule has 1 aromatic rings. The SMILES string of the molecule is COC(=O)C(CO)NC(=O)c1cc(F)cnc1Cl. The smallest absolute Gasteiger partial charge is 0.330 e. The standard InChI is InChI=1S/C10H10ClFN2O4/c1-18-10(17)7(4-15)14-9(16)6-2-5(12)3-13-8(6)11/h2-3,7,15H,4H2,1H3,(H,14,16). The zero-order valence-corrected chi connectivity index (χ0v) is 10.1. The van der Waals surface area contributed by atoms with Crippen LogP contribution < -0.4 is 5.32 Å². The quantitative estimate of drug-likeness (QED) is 0.603. The number of nitrogens with zero attached hydrogens (tertiary/aromatic N) is 1. The Morgan fingerprint density at radius 1 is 1.67 bits per heavy atom. The first-order valence-corrected chi connectivity index (χ1v) is 5.18. The first-order chi connectivity index (χ1) is 8.49. The average Bonchev–Trinajstić information content (AvgIpc) is 2.37. The zero-order chi connectivity index (χ0) is 13.7. The largest absolute Gasteiger partial charge is 0.467 e. The van der Waals surface area contributed by atoms with E-state index in [0.717, 1.165) is 19.4 Å². The van der Waals surface area contributed by atoms with Gasteiger partial charge >= 0.3 is 5.97 Å². The van der Waals surface area contributed by atoms with E-state index >= 15 is 0 Å². The van der Waals surface area contributed by atoms with Gasteiger partial charge in [0.05, 0.1) is 25.5 Å². The van der Waals surface area contributed by atoms with Crippen LogP contribution in [0.4, 0.5) is 4.39 Å². The van der Waals surface area contributed by atoms with E-state index in [-0.39, 0.29) is 10.7 Å². The lowest BCUT2D eigenvalue weighted by Gasteiger charge is -2.14. The molecule has 0 saturated heterocycles. The third-order valence-corrected chi connectivity index (χ3v) is 2.33. The predicted octanol–water partition coefficient (Wildman–Crippen LogP) is 0.138. The van der Waals surface area contributed by atoms with Gasteiger partial charge in [-0.05, 0) is 6.07 Å². The van der Waals surface area contributed by atoms with Gasteiger partial charge in [-0.2, -0.15) is 0 Å². The minimum absolute atomic E-state index is 0.213. The summed E-state index contributed by atoms with van der Waals surface area (Å²) in [5, 5.41) is 10.8. The van der Waals surface area contributed by atoms with Crippen molar-refractivity contribution in [1.82, 2.24) is 10.3 Å². The number of ether oxygens (including phenoxy) is 1. The fourth-order valence-corrected chi connectivity index (χ4v) is 1.33. The Kier molecular flexibility index (Phi) is 4.99. The van der Waals surface area contributed by atoms with Gasteiger partial charge < -0.3 is 15.2 Å². The number of methoxy groups -OCH3 is 1. The number of aliphatic hydroxyl groups is 1. The highest BCUT2D eigenvalue weighted by Crippen LogP contribution is 2.13. The van der Waals surface area contributed by atoms with Crippen molar-refractivity contribution in [1.29, 1.82) is 0 Å². The van der Waals surface area contributed by atoms with Gasteiger partial charge in [-0.3, -0.25) is 4.79 Å². The van der Waals surface area contributed by atoms with Crippen LogP contribution >= 0.6 is 11.6 Å². The number of nitrogens with one attached hydrogen (secondary N) is 1. The summed E-state index contributed by atoms with van der Waals surface area (Å²) in [6, 6.07) is -0.377. The van der Waals surface area contributed by atoms with Crippen LogP contribution in [0.5, 0.6) is 0 Å². The van der Waals surface area contributed by atoms with Crippen LogP contribution in [0, 0.1) is 5.82 Å². The van der Waals surface area contributed by atoms with E-state index in [1.807, 2.05) is 0 Å². The fraction of sp³-hybridized carbons (Fsp3) is 0.300. The van der Waals surface area contributed by atoms with Crippen LogP contribution in [0.15, 0.2) is 12.3 Å². The van der Waals surface area contributed by atoms with Crippen LogP contribution in [0.2, 0.25) is 5.15 Å². The van der Waals surface area contributed by atoms with Gasteiger partial charge in [0, 0.05) is 0 Å². The number of hydrogen-bond acceptors (Lipinski definition) is 5. The number of pyridine rings is 1. The molecule has 1 heterocycles. The van der Waals surface area contributed by atoms with Crippen LogP contribution in [-0.4, -0.2) is 41.7 Å². The lowest BCUT2D eigenvalue weighted by Crippen LogP contribution is -2.44.